The van der Waals surface area contributed by atoms with Crippen LogP contribution in [0, 0.1) is 0 Å². The highest BCUT2D eigenvalue weighted by Crippen LogP contribution is 2.37. The molecule has 1 saturated heterocycles. The summed E-state index contributed by atoms with van der Waals surface area (Å²) in [6.07, 6.45) is -4.78. The van der Waals surface area contributed by atoms with Crippen LogP contribution in [0.2, 0.25) is 0 Å². The second-order valence-corrected chi connectivity index (χ2v) is 11.5. The van der Waals surface area contributed by atoms with Crippen molar-refractivity contribution in [3.63, 3.8) is 0 Å². The second-order valence-electron chi connectivity index (χ2n) is 10.2. The molecule has 1 unspecified atom stereocenters. The molecule has 5 atom stereocenters. The number of thioether (sulfide) groups is 1. The number of benzene rings is 4. The van der Waals surface area contributed by atoms with E-state index in [0.29, 0.717) is 16.9 Å². The van der Waals surface area contributed by atoms with E-state index < -0.39 is 60.3 Å². The monoisotopic (exact) mass is 640 g/mol. The Morgan fingerprint density at radius 2 is 1.02 bits per heavy atom. The maximum Gasteiger partial charge on any atom is 0.338 e. The quantitative estimate of drug-likeness (QED) is 0.135. The van der Waals surface area contributed by atoms with Crippen LogP contribution in [0.15, 0.2) is 121 Å². The fourth-order valence-electron chi connectivity index (χ4n) is 4.83. The van der Waals surface area contributed by atoms with Gasteiger partial charge in [0.2, 0.25) is 0 Å². The number of esters is 4. The molecule has 1 heterocycles. The molecule has 1 aliphatic heterocycles. The number of rotatable bonds is 12. The SMILES string of the molecule is CCSC1O[C@H]([C@H](COC(=O)c2ccccc2)OC(=O)c2ccccc2)[C@H](OC(=O)c2ccccc2)[C@H]1OC(=O)c1ccccc1. The van der Waals surface area contributed by atoms with Crippen molar-refractivity contribution in [2.24, 2.45) is 0 Å². The third-order valence-corrected chi connectivity index (χ3v) is 8.11. The molecule has 4 aromatic carbocycles. The molecule has 0 saturated carbocycles. The Labute approximate surface area is 270 Å². The molecule has 1 aliphatic rings. The van der Waals surface area contributed by atoms with E-state index in [1.807, 2.05) is 6.92 Å². The normalized spacial score (nSPS) is 19.4. The molecule has 0 aromatic heterocycles. The van der Waals surface area contributed by atoms with E-state index in [9.17, 15) is 19.2 Å². The molecule has 1 fully saturated rings. The Hall–Kier alpha value is -4.93. The van der Waals surface area contributed by atoms with Crippen molar-refractivity contribution in [2.45, 2.75) is 36.8 Å². The number of carbonyl (C=O) groups excluding carboxylic acids is 4. The predicted molar refractivity (Wildman–Crippen MR) is 170 cm³/mol. The minimum absolute atomic E-state index is 0.254. The summed E-state index contributed by atoms with van der Waals surface area (Å²) in [5, 5.41) is 0. The van der Waals surface area contributed by atoms with Gasteiger partial charge >= 0.3 is 23.9 Å². The van der Waals surface area contributed by atoms with Crippen molar-refractivity contribution in [3.8, 4) is 0 Å². The van der Waals surface area contributed by atoms with Crippen LogP contribution < -0.4 is 0 Å². The lowest BCUT2D eigenvalue weighted by Gasteiger charge is -2.28. The third-order valence-electron chi connectivity index (χ3n) is 7.07. The third kappa shape index (κ3) is 8.21. The average Bonchev–Trinajstić information content (AvgIpc) is 3.43. The number of carbonyl (C=O) groups is 4. The van der Waals surface area contributed by atoms with Crippen molar-refractivity contribution in [1.82, 2.24) is 0 Å². The van der Waals surface area contributed by atoms with Gasteiger partial charge in [0.15, 0.2) is 18.3 Å². The van der Waals surface area contributed by atoms with Gasteiger partial charge in [-0.15, -0.1) is 11.8 Å². The summed E-state index contributed by atoms with van der Waals surface area (Å²) < 4.78 is 29.9. The van der Waals surface area contributed by atoms with Gasteiger partial charge in [0.25, 0.3) is 0 Å². The molecule has 10 heteroatoms. The highest BCUT2D eigenvalue weighted by molar-refractivity contribution is 7.99. The lowest BCUT2D eigenvalue weighted by Crippen LogP contribution is -2.47. The fourth-order valence-corrected chi connectivity index (χ4v) is 5.76. The first-order chi connectivity index (χ1) is 22.4. The maximum absolute atomic E-state index is 13.4. The summed E-state index contributed by atoms with van der Waals surface area (Å²) in [7, 11) is 0. The molecule has 0 aliphatic carbocycles. The maximum atomic E-state index is 13.4. The largest absolute Gasteiger partial charge is 0.458 e. The number of hydrogen-bond acceptors (Lipinski definition) is 10. The predicted octanol–water partition coefficient (Wildman–Crippen LogP) is 6.00. The van der Waals surface area contributed by atoms with Crippen LogP contribution in [0.3, 0.4) is 0 Å². The van der Waals surface area contributed by atoms with E-state index in [0.717, 1.165) is 0 Å². The summed E-state index contributed by atoms with van der Waals surface area (Å²) in [4.78, 5) is 52.9. The lowest BCUT2D eigenvalue weighted by molar-refractivity contribution is -0.0899. The van der Waals surface area contributed by atoms with Gasteiger partial charge in [0.1, 0.15) is 18.1 Å². The highest BCUT2D eigenvalue weighted by atomic mass is 32.2. The fraction of sp³-hybridized carbons (Fsp3) is 0.222. The van der Waals surface area contributed by atoms with Gasteiger partial charge < -0.3 is 23.7 Å². The Morgan fingerprint density at radius 1 is 0.609 bits per heavy atom. The Morgan fingerprint density at radius 3 is 1.48 bits per heavy atom. The molecule has 0 bridgehead atoms. The van der Waals surface area contributed by atoms with Gasteiger partial charge in [-0.1, -0.05) is 79.7 Å². The lowest BCUT2D eigenvalue weighted by atomic mass is 10.1. The van der Waals surface area contributed by atoms with Crippen molar-refractivity contribution in [3.05, 3.63) is 144 Å². The summed E-state index contributed by atoms with van der Waals surface area (Å²) >= 11 is 1.33. The summed E-state index contributed by atoms with van der Waals surface area (Å²) in [6.45, 7) is 1.47. The first-order valence-electron chi connectivity index (χ1n) is 14.7. The zero-order chi connectivity index (χ0) is 32.3. The molecule has 9 nitrogen and oxygen atoms in total. The second kappa shape index (κ2) is 15.9. The standard InChI is InChI=1S/C36H32O9S/c1-2-46-36-31(44-35(40)27-21-13-6-14-22-27)30(43-34(39)26-19-11-5-12-20-26)29(45-36)28(42-33(38)25-17-9-4-10-18-25)23-41-32(37)24-15-7-3-8-16-24/h3-22,28-31,36H,2,23H2,1H3/t28-,29+,30-,31+,36?/m0/s1. The van der Waals surface area contributed by atoms with Crippen LogP contribution in [-0.2, 0) is 23.7 Å². The molecule has 46 heavy (non-hydrogen) atoms. The van der Waals surface area contributed by atoms with Gasteiger partial charge in [-0.2, -0.15) is 0 Å². The zero-order valence-corrected chi connectivity index (χ0v) is 25.7. The first kappa shape index (κ1) is 32.5. The van der Waals surface area contributed by atoms with Crippen LogP contribution in [0.5, 0.6) is 0 Å². The van der Waals surface area contributed by atoms with Crippen LogP contribution in [0.4, 0.5) is 0 Å². The first-order valence-corrected chi connectivity index (χ1v) is 15.8. The van der Waals surface area contributed by atoms with E-state index in [1.165, 1.54) is 11.8 Å². The van der Waals surface area contributed by atoms with Crippen molar-refractivity contribution < 1.29 is 42.9 Å². The van der Waals surface area contributed by atoms with Crippen molar-refractivity contribution in [2.75, 3.05) is 12.4 Å². The molecule has 0 spiro atoms. The molecular weight excluding hydrogens is 608 g/mol. The van der Waals surface area contributed by atoms with Gasteiger partial charge in [0.05, 0.1) is 22.3 Å². The van der Waals surface area contributed by atoms with Crippen molar-refractivity contribution >= 4 is 35.6 Å². The van der Waals surface area contributed by atoms with Crippen LogP contribution in [-0.4, -0.2) is 66.1 Å². The van der Waals surface area contributed by atoms with Crippen LogP contribution in [0.1, 0.15) is 48.4 Å². The summed E-state index contributed by atoms with van der Waals surface area (Å²) in [5.41, 5.74) is 0.296. The molecule has 0 radical (unpaired) electrons. The van der Waals surface area contributed by atoms with E-state index >= 15 is 0 Å². The van der Waals surface area contributed by atoms with E-state index in [4.69, 9.17) is 23.7 Å². The van der Waals surface area contributed by atoms with E-state index in [-0.39, 0.29) is 11.1 Å². The van der Waals surface area contributed by atoms with Gasteiger partial charge in [0, 0.05) is 0 Å². The molecule has 0 N–H and O–H groups in total. The summed E-state index contributed by atoms with van der Waals surface area (Å²) in [5.74, 6) is -2.14. The van der Waals surface area contributed by atoms with Gasteiger partial charge in [-0.25, -0.2) is 19.2 Å². The number of ether oxygens (including phenoxy) is 5. The van der Waals surface area contributed by atoms with Crippen LogP contribution in [0.25, 0.3) is 0 Å². The van der Waals surface area contributed by atoms with Crippen LogP contribution >= 0.6 is 11.8 Å². The van der Waals surface area contributed by atoms with Gasteiger partial charge in [-0.3, -0.25) is 0 Å². The summed E-state index contributed by atoms with van der Waals surface area (Å²) in [6, 6.07) is 33.3. The minimum Gasteiger partial charge on any atom is -0.458 e. The van der Waals surface area contributed by atoms with Crippen molar-refractivity contribution in [1.29, 1.82) is 0 Å². The molecule has 236 valence electrons. The number of hydrogen-bond donors (Lipinski definition) is 0. The molecule has 0 amide bonds. The highest BCUT2D eigenvalue weighted by Gasteiger charge is 2.54. The Kier molecular flexibility index (Phi) is 11.2. The Balaban J connectivity index is 1.49. The smallest absolute Gasteiger partial charge is 0.338 e. The molecule has 5 rings (SSSR count). The zero-order valence-electron chi connectivity index (χ0n) is 24.9. The van der Waals surface area contributed by atoms with Gasteiger partial charge in [-0.05, 0) is 54.3 Å². The molecule has 4 aromatic rings. The van der Waals surface area contributed by atoms with E-state index in [2.05, 4.69) is 0 Å². The topological polar surface area (TPSA) is 114 Å². The van der Waals surface area contributed by atoms with E-state index in [1.54, 1.807) is 121 Å². The minimum atomic E-state index is -1.26. The molecular formula is C36H32O9S. The Bertz CT molecular complexity index is 1600. The average molecular weight is 641 g/mol.